The quantitative estimate of drug-likeness (QED) is 0.412. The van der Waals surface area contributed by atoms with Crippen LogP contribution in [-0.2, 0) is 26.4 Å². The Morgan fingerprint density at radius 2 is 1.86 bits per heavy atom. The maximum Gasteiger partial charge on any atom is 0.253 e. The third-order valence-corrected chi connectivity index (χ3v) is 7.82. The molecule has 0 radical (unpaired) electrons. The molecule has 36 heavy (non-hydrogen) atoms. The van der Waals surface area contributed by atoms with Crippen LogP contribution in [0.1, 0.15) is 47.3 Å². The van der Waals surface area contributed by atoms with E-state index >= 15 is 0 Å². The SMILES string of the molecule is Cn1c(-c2ccc(CCc3ccccc3)n2CC2CC2)nc2cc(C(=O)N3CCC[C@@H](N)C3)ccc21. The van der Waals surface area contributed by atoms with Gasteiger partial charge in [-0.1, -0.05) is 30.3 Å². The number of fused-ring (bicyclic) bond motifs is 1. The Bertz CT molecular complexity index is 1380. The maximum absolute atomic E-state index is 13.2. The van der Waals surface area contributed by atoms with Crippen molar-refractivity contribution in [2.24, 2.45) is 18.7 Å². The molecule has 6 rings (SSSR count). The molecule has 1 saturated heterocycles. The second kappa shape index (κ2) is 9.58. The first-order valence-electron chi connectivity index (χ1n) is 13.3. The number of carbonyl (C=O) groups is 1. The summed E-state index contributed by atoms with van der Waals surface area (Å²) in [5.74, 6) is 1.78. The van der Waals surface area contributed by atoms with E-state index in [-0.39, 0.29) is 11.9 Å². The van der Waals surface area contributed by atoms with E-state index in [4.69, 9.17) is 10.7 Å². The van der Waals surface area contributed by atoms with E-state index in [1.165, 1.54) is 29.8 Å². The van der Waals surface area contributed by atoms with Crippen LogP contribution in [0, 0.1) is 5.92 Å². The molecule has 1 atom stereocenters. The minimum Gasteiger partial charge on any atom is -0.342 e. The highest BCUT2D eigenvalue weighted by Gasteiger charge is 2.26. The number of piperidine rings is 1. The highest BCUT2D eigenvalue weighted by Crippen LogP contribution is 2.34. The summed E-state index contributed by atoms with van der Waals surface area (Å²) in [6.45, 7) is 2.46. The summed E-state index contributed by atoms with van der Waals surface area (Å²) in [6, 6.07) is 21.2. The lowest BCUT2D eigenvalue weighted by Gasteiger charge is -2.30. The number of aryl methyl sites for hydroxylation is 3. The van der Waals surface area contributed by atoms with Crippen LogP contribution in [0.3, 0.4) is 0 Å². The summed E-state index contributed by atoms with van der Waals surface area (Å²) < 4.78 is 4.66. The Hall–Kier alpha value is -3.38. The summed E-state index contributed by atoms with van der Waals surface area (Å²) in [4.78, 5) is 20.1. The number of benzene rings is 2. The molecule has 1 aliphatic carbocycles. The van der Waals surface area contributed by atoms with Crippen molar-refractivity contribution in [3.63, 3.8) is 0 Å². The molecule has 3 heterocycles. The molecule has 1 aliphatic heterocycles. The maximum atomic E-state index is 13.2. The van der Waals surface area contributed by atoms with Crippen molar-refractivity contribution < 1.29 is 4.79 Å². The number of likely N-dealkylation sites (tertiary alicyclic amines) is 1. The molecule has 2 aromatic carbocycles. The molecule has 1 amide bonds. The van der Waals surface area contributed by atoms with Crippen LogP contribution in [-0.4, -0.2) is 44.1 Å². The van der Waals surface area contributed by atoms with Gasteiger partial charge in [0.2, 0.25) is 0 Å². The Morgan fingerprint density at radius 1 is 1.03 bits per heavy atom. The number of rotatable bonds is 7. The van der Waals surface area contributed by atoms with Gasteiger partial charge < -0.3 is 19.8 Å². The zero-order chi connectivity index (χ0) is 24.6. The van der Waals surface area contributed by atoms with Crippen LogP contribution in [0.15, 0.2) is 60.7 Å². The van der Waals surface area contributed by atoms with Crippen molar-refractivity contribution in [2.75, 3.05) is 13.1 Å². The van der Waals surface area contributed by atoms with Gasteiger partial charge in [0, 0.05) is 44.0 Å². The number of hydrogen-bond acceptors (Lipinski definition) is 3. The third-order valence-electron chi connectivity index (χ3n) is 7.82. The Kier molecular flexibility index (Phi) is 6.13. The lowest BCUT2D eigenvalue weighted by molar-refractivity contribution is 0.0709. The molecular weight excluding hydrogens is 446 g/mol. The van der Waals surface area contributed by atoms with Gasteiger partial charge in [-0.2, -0.15) is 0 Å². The molecule has 4 aromatic rings. The average molecular weight is 482 g/mol. The van der Waals surface area contributed by atoms with Gasteiger partial charge in [-0.15, -0.1) is 0 Å². The summed E-state index contributed by atoms with van der Waals surface area (Å²) in [5.41, 5.74) is 12.6. The Labute approximate surface area is 212 Å². The predicted molar refractivity (Wildman–Crippen MR) is 144 cm³/mol. The first-order valence-corrected chi connectivity index (χ1v) is 13.3. The van der Waals surface area contributed by atoms with Crippen molar-refractivity contribution in [1.29, 1.82) is 0 Å². The van der Waals surface area contributed by atoms with Gasteiger partial charge in [-0.25, -0.2) is 4.98 Å². The van der Waals surface area contributed by atoms with E-state index in [9.17, 15) is 4.79 Å². The van der Waals surface area contributed by atoms with Gasteiger partial charge in [-0.05, 0) is 80.3 Å². The first kappa shape index (κ1) is 23.0. The summed E-state index contributed by atoms with van der Waals surface area (Å²) >= 11 is 0. The van der Waals surface area contributed by atoms with Gasteiger partial charge in [0.05, 0.1) is 16.7 Å². The van der Waals surface area contributed by atoms with Crippen molar-refractivity contribution in [1.82, 2.24) is 19.0 Å². The van der Waals surface area contributed by atoms with Gasteiger partial charge >= 0.3 is 0 Å². The third kappa shape index (κ3) is 4.58. The predicted octanol–water partition coefficient (Wildman–Crippen LogP) is 4.80. The normalized spacial score (nSPS) is 18.2. The van der Waals surface area contributed by atoms with Crippen LogP contribution in [0.4, 0.5) is 0 Å². The van der Waals surface area contributed by atoms with Crippen LogP contribution >= 0.6 is 0 Å². The van der Waals surface area contributed by atoms with Crippen molar-refractivity contribution in [2.45, 2.75) is 51.1 Å². The summed E-state index contributed by atoms with van der Waals surface area (Å²) in [7, 11) is 2.08. The van der Waals surface area contributed by atoms with Crippen LogP contribution < -0.4 is 5.73 Å². The fourth-order valence-electron chi connectivity index (χ4n) is 5.55. The molecule has 0 bridgehead atoms. The molecular formula is C30H35N5O. The summed E-state index contributed by atoms with van der Waals surface area (Å²) in [6.07, 6.45) is 6.61. The number of hydrogen-bond donors (Lipinski definition) is 1. The van der Waals surface area contributed by atoms with Crippen LogP contribution in [0.25, 0.3) is 22.6 Å². The second-order valence-electron chi connectivity index (χ2n) is 10.6. The monoisotopic (exact) mass is 481 g/mol. The smallest absolute Gasteiger partial charge is 0.253 e. The number of amides is 1. The molecule has 2 N–H and O–H groups in total. The molecule has 2 fully saturated rings. The van der Waals surface area contributed by atoms with E-state index < -0.39 is 0 Å². The van der Waals surface area contributed by atoms with Crippen molar-refractivity contribution in [3.8, 4) is 11.5 Å². The zero-order valence-electron chi connectivity index (χ0n) is 21.1. The Morgan fingerprint density at radius 3 is 2.64 bits per heavy atom. The zero-order valence-corrected chi connectivity index (χ0v) is 21.1. The van der Waals surface area contributed by atoms with Gasteiger partial charge in [-0.3, -0.25) is 4.79 Å². The van der Waals surface area contributed by atoms with E-state index in [1.807, 2.05) is 23.1 Å². The van der Waals surface area contributed by atoms with E-state index in [0.29, 0.717) is 12.1 Å². The summed E-state index contributed by atoms with van der Waals surface area (Å²) in [5, 5.41) is 0. The fourth-order valence-corrected chi connectivity index (χ4v) is 5.55. The largest absolute Gasteiger partial charge is 0.342 e. The van der Waals surface area contributed by atoms with Crippen LogP contribution in [0.2, 0.25) is 0 Å². The highest BCUT2D eigenvalue weighted by molar-refractivity contribution is 5.98. The number of carbonyl (C=O) groups excluding carboxylic acids is 1. The molecule has 186 valence electrons. The minimum atomic E-state index is 0.0551. The highest BCUT2D eigenvalue weighted by atomic mass is 16.2. The minimum absolute atomic E-state index is 0.0551. The lowest BCUT2D eigenvalue weighted by atomic mass is 10.1. The van der Waals surface area contributed by atoms with Crippen molar-refractivity contribution in [3.05, 3.63) is 77.5 Å². The fraction of sp³-hybridized carbons (Fsp3) is 0.400. The molecule has 6 nitrogen and oxygen atoms in total. The number of aromatic nitrogens is 3. The van der Waals surface area contributed by atoms with Gasteiger partial charge in [0.1, 0.15) is 0 Å². The molecule has 2 aromatic heterocycles. The van der Waals surface area contributed by atoms with E-state index in [1.54, 1.807) is 0 Å². The average Bonchev–Trinajstić information content (AvgIpc) is 3.55. The molecule has 2 aliphatic rings. The topological polar surface area (TPSA) is 69.1 Å². The number of imidazole rings is 1. The van der Waals surface area contributed by atoms with Gasteiger partial charge in [0.25, 0.3) is 5.91 Å². The molecule has 1 saturated carbocycles. The molecule has 0 spiro atoms. The molecule has 0 unspecified atom stereocenters. The van der Waals surface area contributed by atoms with Crippen molar-refractivity contribution >= 4 is 16.9 Å². The standard InChI is InChI=1S/C30H35N5O/c1-33-27-15-12-23(30(36)34-17-5-8-24(31)20-34)18-26(27)32-29(33)28-16-14-25(35(28)19-22-9-10-22)13-11-21-6-3-2-4-7-21/h2-4,6-7,12,14-16,18,22,24H,5,8-11,13,17,19-20,31H2,1H3/t24-/m1/s1. The lowest BCUT2D eigenvalue weighted by Crippen LogP contribution is -2.45. The van der Waals surface area contributed by atoms with Crippen LogP contribution in [0.5, 0.6) is 0 Å². The number of nitrogens with two attached hydrogens (primary N) is 1. The van der Waals surface area contributed by atoms with E-state index in [0.717, 1.165) is 61.5 Å². The number of nitrogens with zero attached hydrogens (tertiary/aromatic N) is 4. The Balaban J connectivity index is 1.31. The van der Waals surface area contributed by atoms with E-state index in [2.05, 4.69) is 58.6 Å². The molecule has 6 heteroatoms. The second-order valence-corrected chi connectivity index (χ2v) is 10.6. The first-order chi connectivity index (χ1) is 17.6. The van der Waals surface area contributed by atoms with Gasteiger partial charge in [0.15, 0.2) is 5.82 Å².